The number of phenols is 1. The van der Waals surface area contributed by atoms with Crippen molar-refractivity contribution in [2.24, 2.45) is 5.41 Å². The summed E-state index contributed by atoms with van der Waals surface area (Å²) in [7, 11) is 4.38. The van der Waals surface area contributed by atoms with E-state index in [9.17, 15) is 5.11 Å². The van der Waals surface area contributed by atoms with Gasteiger partial charge in [-0.25, -0.2) is 0 Å². The fourth-order valence-corrected chi connectivity index (χ4v) is 4.24. The van der Waals surface area contributed by atoms with Crippen LogP contribution in [-0.4, -0.2) is 50.1 Å². The zero-order valence-corrected chi connectivity index (χ0v) is 20.6. The first-order chi connectivity index (χ1) is 14.4. The number of nitrogens with zero attached hydrogens (tertiary/aromatic N) is 1. The first-order valence-electron chi connectivity index (χ1n) is 11.3. The van der Waals surface area contributed by atoms with E-state index < -0.39 is 0 Å². The van der Waals surface area contributed by atoms with Crippen LogP contribution in [0, 0.1) is 5.41 Å². The molecule has 172 valence electrons. The van der Waals surface area contributed by atoms with Gasteiger partial charge < -0.3 is 19.1 Å². The highest BCUT2D eigenvalue weighted by molar-refractivity contribution is 5.31. The molecule has 0 aromatic heterocycles. The molecule has 2 aromatic rings. The number of hydrogen-bond donors (Lipinski definition) is 1. The monoisotopic (exact) mass is 428 g/mol. The molecule has 0 saturated carbocycles. The molecule has 0 atom stereocenters. The third-order valence-electron chi connectivity index (χ3n) is 5.49. The lowest BCUT2D eigenvalue weighted by molar-refractivity contribution is -0.904. The summed E-state index contributed by atoms with van der Waals surface area (Å²) < 4.78 is 12.5. The predicted octanol–water partition coefficient (Wildman–Crippen LogP) is 5.78. The van der Waals surface area contributed by atoms with E-state index in [1.165, 1.54) is 11.1 Å². The molecule has 0 bridgehead atoms. The molecule has 0 amide bonds. The van der Waals surface area contributed by atoms with Crippen LogP contribution in [0.15, 0.2) is 48.5 Å². The van der Waals surface area contributed by atoms with Gasteiger partial charge >= 0.3 is 0 Å². The fraction of sp³-hybridized carbons (Fsp3) is 0.556. The Morgan fingerprint density at radius 3 is 2.00 bits per heavy atom. The lowest BCUT2D eigenvalue weighted by Gasteiger charge is -2.33. The molecule has 0 aliphatic rings. The van der Waals surface area contributed by atoms with E-state index in [-0.39, 0.29) is 5.41 Å². The number of likely N-dealkylation sites (N-methyl/N-ethyl adjacent to an activating group) is 1. The third kappa shape index (κ3) is 9.32. The molecule has 0 heterocycles. The minimum absolute atomic E-state index is 0.144. The minimum atomic E-state index is 0.144. The Morgan fingerprint density at radius 2 is 1.42 bits per heavy atom. The Morgan fingerprint density at radius 1 is 0.806 bits per heavy atom. The first kappa shape index (κ1) is 25.2. The van der Waals surface area contributed by atoms with Crippen LogP contribution in [0.25, 0.3) is 0 Å². The van der Waals surface area contributed by atoms with Crippen molar-refractivity contribution in [2.75, 3.05) is 40.5 Å². The van der Waals surface area contributed by atoms with Gasteiger partial charge in [0.15, 0.2) is 0 Å². The van der Waals surface area contributed by atoms with Crippen LogP contribution in [-0.2, 0) is 16.7 Å². The Kier molecular flexibility index (Phi) is 8.56. The topological polar surface area (TPSA) is 38.7 Å². The summed E-state index contributed by atoms with van der Waals surface area (Å²) in [5, 5.41) is 9.41. The second-order valence-corrected chi connectivity index (χ2v) is 11.1. The number of benzene rings is 2. The van der Waals surface area contributed by atoms with Crippen molar-refractivity contribution in [1.29, 1.82) is 0 Å². The van der Waals surface area contributed by atoms with Crippen molar-refractivity contribution in [3.63, 3.8) is 0 Å². The van der Waals surface area contributed by atoms with Gasteiger partial charge in [-0.1, -0.05) is 46.8 Å². The molecule has 1 N–H and O–H groups in total. The zero-order chi connectivity index (χ0) is 23.1. The second-order valence-electron chi connectivity index (χ2n) is 11.1. The summed E-state index contributed by atoms with van der Waals surface area (Å²) in [6.07, 6.45) is 1.13. The molecule has 4 nitrogen and oxygen atoms in total. The molecule has 0 unspecified atom stereocenters. The predicted molar refractivity (Wildman–Crippen MR) is 129 cm³/mol. The maximum absolute atomic E-state index is 9.41. The van der Waals surface area contributed by atoms with Crippen molar-refractivity contribution in [3.8, 4) is 11.5 Å². The van der Waals surface area contributed by atoms with E-state index in [2.05, 4.69) is 73.0 Å². The van der Waals surface area contributed by atoms with Crippen molar-refractivity contribution in [1.82, 2.24) is 0 Å². The SMILES string of the molecule is CC(C)(C)CC(C)(C)c1ccc(OCCOCC[N+](C)(C)Cc2ccc(O)cc2)cc1. The van der Waals surface area contributed by atoms with Gasteiger partial charge in [0.25, 0.3) is 0 Å². The summed E-state index contributed by atoms with van der Waals surface area (Å²) in [4.78, 5) is 0. The maximum Gasteiger partial charge on any atom is 0.119 e. The quantitative estimate of drug-likeness (QED) is 0.364. The lowest BCUT2D eigenvalue weighted by atomic mass is 9.72. The number of hydrogen-bond acceptors (Lipinski definition) is 3. The maximum atomic E-state index is 9.41. The van der Waals surface area contributed by atoms with Crippen molar-refractivity contribution >= 4 is 0 Å². The van der Waals surface area contributed by atoms with Crippen molar-refractivity contribution < 1.29 is 19.1 Å². The van der Waals surface area contributed by atoms with Crippen LogP contribution in [0.2, 0.25) is 0 Å². The van der Waals surface area contributed by atoms with Gasteiger partial charge in [0.2, 0.25) is 0 Å². The molecule has 0 radical (unpaired) electrons. The summed E-state index contributed by atoms with van der Waals surface area (Å²) in [5.41, 5.74) is 3.00. The van der Waals surface area contributed by atoms with Crippen LogP contribution in [0.5, 0.6) is 11.5 Å². The number of aromatic hydroxyl groups is 1. The summed E-state index contributed by atoms with van der Waals surface area (Å²) >= 11 is 0. The average molecular weight is 429 g/mol. The molecular weight excluding hydrogens is 386 g/mol. The molecule has 4 heteroatoms. The van der Waals surface area contributed by atoms with Crippen LogP contribution in [0.4, 0.5) is 0 Å². The minimum Gasteiger partial charge on any atom is -0.508 e. The number of ether oxygens (including phenoxy) is 2. The van der Waals surface area contributed by atoms with E-state index in [1.807, 2.05) is 12.1 Å². The molecule has 0 aliphatic carbocycles. The van der Waals surface area contributed by atoms with Crippen molar-refractivity contribution in [2.45, 2.75) is 53.0 Å². The van der Waals surface area contributed by atoms with E-state index in [1.54, 1.807) is 12.1 Å². The largest absolute Gasteiger partial charge is 0.508 e. The lowest BCUT2D eigenvalue weighted by Crippen LogP contribution is -2.41. The second kappa shape index (κ2) is 10.5. The molecule has 0 spiro atoms. The Labute approximate surface area is 189 Å². The fourth-order valence-electron chi connectivity index (χ4n) is 4.24. The van der Waals surface area contributed by atoms with Crippen molar-refractivity contribution in [3.05, 3.63) is 59.7 Å². The molecule has 2 aromatic carbocycles. The summed E-state index contributed by atoms with van der Waals surface area (Å²) in [6.45, 7) is 15.1. The van der Waals surface area contributed by atoms with Gasteiger partial charge in [-0.2, -0.15) is 0 Å². The first-order valence-corrected chi connectivity index (χ1v) is 11.3. The number of rotatable bonds is 11. The highest BCUT2D eigenvalue weighted by Gasteiger charge is 2.27. The highest BCUT2D eigenvalue weighted by atomic mass is 16.5. The summed E-state index contributed by atoms with van der Waals surface area (Å²) in [6, 6.07) is 15.9. The average Bonchev–Trinajstić information content (AvgIpc) is 2.65. The van der Waals surface area contributed by atoms with E-state index in [0.29, 0.717) is 31.0 Å². The highest BCUT2D eigenvalue weighted by Crippen LogP contribution is 2.36. The molecule has 31 heavy (non-hydrogen) atoms. The van der Waals surface area contributed by atoms with Gasteiger partial charge in [0, 0.05) is 5.56 Å². The van der Waals surface area contributed by atoms with Crippen LogP contribution < -0.4 is 4.74 Å². The summed E-state index contributed by atoms with van der Waals surface area (Å²) in [5.74, 6) is 1.20. The molecule has 0 aliphatic heterocycles. The third-order valence-corrected chi connectivity index (χ3v) is 5.49. The Balaban J connectivity index is 1.69. The van der Waals surface area contributed by atoms with Crippen LogP contribution in [0.3, 0.4) is 0 Å². The van der Waals surface area contributed by atoms with E-state index in [0.717, 1.165) is 29.7 Å². The number of phenolic OH excluding ortho intramolecular Hbond substituents is 1. The smallest absolute Gasteiger partial charge is 0.119 e. The molecular formula is C27H42NO3+. The van der Waals surface area contributed by atoms with Crippen LogP contribution in [0.1, 0.15) is 52.2 Å². The normalized spacial score (nSPS) is 12.7. The van der Waals surface area contributed by atoms with Gasteiger partial charge in [0.1, 0.15) is 31.2 Å². The molecule has 2 rings (SSSR count). The Hall–Kier alpha value is -2.04. The zero-order valence-electron chi connectivity index (χ0n) is 20.6. The number of quaternary nitrogens is 1. The van der Waals surface area contributed by atoms with E-state index >= 15 is 0 Å². The molecule has 0 saturated heterocycles. The van der Waals surface area contributed by atoms with Gasteiger partial charge in [-0.05, 0) is 59.2 Å². The standard InChI is InChI=1S/C27H41NO3/c1-26(2,3)21-27(4,5)23-10-14-25(15-11-23)31-19-18-30-17-16-28(6,7)20-22-8-12-24(29)13-9-22/h8-15H,16-21H2,1-7H3/p+1. The van der Waals surface area contributed by atoms with Gasteiger partial charge in [-0.15, -0.1) is 0 Å². The van der Waals surface area contributed by atoms with Gasteiger partial charge in [-0.3, -0.25) is 0 Å². The molecule has 0 fully saturated rings. The van der Waals surface area contributed by atoms with Crippen LogP contribution >= 0.6 is 0 Å². The Bertz CT molecular complexity index is 787. The van der Waals surface area contributed by atoms with Gasteiger partial charge in [0.05, 0.1) is 27.3 Å². The van der Waals surface area contributed by atoms with E-state index in [4.69, 9.17) is 9.47 Å².